The van der Waals surface area contributed by atoms with Crippen LogP contribution in [0.2, 0.25) is 0 Å². The molecule has 0 bridgehead atoms. The lowest BCUT2D eigenvalue weighted by atomic mass is 9.96. The van der Waals surface area contributed by atoms with Gasteiger partial charge in [0.25, 0.3) is 0 Å². The zero-order valence-corrected chi connectivity index (χ0v) is 10.9. The Hall–Kier alpha value is -1.09. The molecule has 0 N–H and O–H groups in total. The molecule has 1 atom stereocenters. The summed E-state index contributed by atoms with van der Waals surface area (Å²) in [7, 11) is 0. The van der Waals surface area contributed by atoms with Gasteiger partial charge in [-0.2, -0.15) is 0 Å². The maximum atomic E-state index is 5.65. The second-order valence-electron chi connectivity index (χ2n) is 4.47. The van der Waals surface area contributed by atoms with Crippen molar-refractivity contribution in [2.75, 3.05) is 19.7 Å². The fourth-order valence-corrected chi connectivity index (χ4v) is 2.64. The molecule has 1 aromatic heterocycles. The lowest BCUT2D eigenvalue weighted by Gasteiger charge is -2.35. The van der Waals surface area contributed by atoms with Gasteiger partial charge in [-0.1, -0.05) is 19.4 Å². The van der Waals surface area contributed by atoms with Crippen molar-refractivity contribution in [1.82, 2.24) is 9.88 Å². The molecule has 1 aliphatic heterocycles. The number of aromatic nitrogens is 1. The van der Waals surface area contributed by atoms with Crippen molar-refractivity contribution in [1.29, 1.82) is 0 Å². The summed E-state index contributed by atoms with van der Waals surface area (Å²) in [5, 5.41) is 0. The Bertz CT molecular complexity index is 354. The third-order valence-corrected chi connectivity index (χ3v) is 3.46. The summed E-state index contributed by atoms with van der Waals surface area (Å²) < 4.78 is 5.65. The van der Waals surface area contributed by atoms with E-state index in [1.165, 1.54) is 31.4 Å². The number of pyridine rings is 1. The molecule has 3 heteroatoms. The minimum atomic E-state index is 0.490. The maximum absolute atomic E-state index is 5.65. The van der Waals surface area contributed by atoms with Gasteiger partial charge in [-0.15, -0.1) is 0 Å². The summed E-state index contributed by atoms with van der Waals surface area (Å²) in [6.07, 6.45) is 5.66. The van der Waals surface area contributed by atoms with Crippen LogP contribution in [0.1, 0.15) is 44.7 Å². The van der Waals surface area contributed by atoms with E-state index in [4.69, 9.17) is 4.74 Å². The molecule has 1 saturated heterocycles. The summed E-state index contributed by atoms with van der Waals surface area (Å²) in [5.74, 6) is 0.820. The van der Waals surface area contributed by atoms with Gasteiger partial charge in [0, 0.05) is 17.8 Å². The van der Waals surface area contributed by atoms with Crippen LogP contribution in [0.15, 0.2) is 18.3 Å². The Balaban J connectivity index is 2.24. The lowest BCUT2D eigenvalue weighted by molar-refractivity contribution is 0.152. The number of likely N-dealkylation sites (tertiary alicyclic amines) is 1. The Labute approximate surface area is 104 Å². The van der Waals surface area contributed by atoms with Crippen LogP contribution in [-0.4, -0.2) is 29.6 Å². The number of hydrogen-bond donors (Lipinski definition) is 0. The van der Waals surface area contributed by atoms with Crippen molar-refractivity contribution in [2.24, 2.45) is 0 Å². The summed E-state index contributed by atoms with van der Waals surface area (Å²) in [4.78, 5) is 6.89. The molecule has 2 heterocycles. The topological polar surface area (TPSA) is 25.4 Å². The molecule has 0 amide bonds. The number of ether oxygens (including phenoxy) is 1. The number of hydrogen-bond acceptors (Lipinski definition) is 3. The first kappa shape index (κ1) is 12.4. The predicted molar refractivity (Wildman–Crippen MR) is 69.2 cm³/mol. The SMILES string of the molecule is CCOc1ncccc1[C@@H]1CCCCN1CC. The van der Waals surface area contributed by atoms with Crippen LogP contribution in [0.4, 0.5) is 0 Å². The number of piperidine rings is 1. The highest BCUT2D eigenvalue weighted by molar-refractivity contribution is 5.29. The molecule has 3 nitrogen and oxygen atoms in total. The van der Waals surface area contributed by atoms with Gasteiger partial charge < -0.3 is 4.74 Å². The van der Waals surface area contributed by atoms with Crippen molar-refractivity contribution in [3.05, 3.63) is 23.9 Å². The van der Waals surface area contributed by atoms with Crippen molar-refractivity contribution in [2.45, 2.75) is 39.2 Å². The van der Waals surface area contributed by atoms with Crippen LogP contribution < -0.4 is 4.74 Å². The van der Waals surface area contributed by atoms with Crippen LogP contribution >= 0.6 is 0 Å². The predicted octanol–water partition coefficient (Wildman–Crippen LogP) is 3.03. The van der Waals surface area contributed by atoms with Gasteiger partial charge in [0.05, 0.1) is 6.61 Å². The molecule has 0 saturated carbocycles. The third-order valence-electron chi connectivity index (χ3n) is 3.46. The molecule has 0 unspecified atom stereocenters. The average molecular weight is 234 g/mol. The Morgan fingerprint density at radius 2 is 2.29 bits per heavy atom. The van der Waals surface area contributed by atoms with Crippen LogP contribution in [0.25, 0.3) is 0 Å². The molecule has 2 rings (SSSR count). The molecular weight excluding hydrogens is 212 g/mol. The summed E-state index contributed by atoms with van der Waals surface area (Å²) in [6, 6.07) is 4.67. The van der Waals surface area contributed by atoms with E-state index < -0.39 is 0 Å². The van der Waals surface area contributed by atoms with Crippen molar-refractivity contribution < 1.29 is 4.74 Å². The maximum Gasteiger partial charge on any atom is 0.218 e. The largest absolute Gasteiger partial charge is 0.478 e. The van der Waals surface area contributed by atoms with Gasteiger partial charge in [-0.05, 0) is 38.9 Å². The van der Waals surface area contributed by atoms with Crippen LogP contribution in [0.5, 0.6) is 5.88 Å². The summed E-state index contributed by atoms with van der Waals surface area (Å²) in [6.45, 7) is 7.22. The minimum Gasteiger partial charge on any atom is -0.478 e. The van der Waals surface area contributed by atoms with E-state index in [-0.39, 0.29) is 0 Å². The number of nitrogens with zero attached hydrogens (tertiary/aromatic N) is 2. The highest BCUT2D eigenvalue weighted by Gasteiger charge is 2.25. The molecule has 0 spiro atoms. The third kappa shape index (κ3) is 2.78. The van der Waals surface area contributed by atoms with E-state index in [1.807, 2.05) is 19.2 Å². The van der Waals surface area contributed by atoms with Gasteiger partial charge in [-0.25, -0.2) is 4.98 Å². The van der Waals surface area contributed by atoms with E-state index in [9.17, 15) is 0 Å². The zero-order chi connectivity index (χ0) is 12.1. The summed E-state index contributed by atoms with van der Waals surface area (Å²) >= 11 is 0. The second kappa shape index (κ2) is 6.01. The van der Waals surface area contributed by atoms with Gasteiger partial charge in [-0.3, -0.25) is 4.90 Å². The van der Waals surface area contributed by atoms with Crippen molar-refractivity contribution in [3.63, 3.8) is 0 Å². The van der Waals surface area contributed by atoms with Crippen LogP contribution in [0, 0.1) is 0 Å². The highest BCUT2D eigenvalue weighted by Crippen LogP contribution is 2.34. The van der Waals surface area contributed by atoms with Crippen molar-refractivity contribution >= 4 is 0 Å². The van der Waals surface area contributed by atoms with Crippen molar-refractivity contribution in [3.8, 4) is 5.88 Å². The highest BCUT2D eigenvalue weighted by atomic mass is 16.5. The van der Waals surface area contributed by atoms with Gasteiger partial charge in [0.15, 0.2) is 0 Å². The van der Waals surface area contributed by atoms with Gasteiger partial charge in [0.1, 0.15) is 0 Å². The first-order valence-corrected chi connectivity index (χ1v) is 6.68. The number of rotatable bonds is 4. The first-order valence-electron chi connectivity index (χ1n) is 6.68. The molecule has 0 aliphatic carbocycles. The Morgan fingerprint density at radius 3 is 3.06 bits per heavy atom. The first-order chi connectivity index (χ1) is 8.36. The van der Waals surface area contributed by atoms with E-state index in [0.717, 1.165) is 12.4 Å². The fraction of sp³-hybridized carbons (Fsp3) is 0.643. The van der Waals surface area contributed by atoms with Gasteiger partial charge in [0.2, 0.25) is 5.88 Å². The molecule has 17 heavy (non-hydrogen) atoms. The Kier molecular flexibility index (Phi) is 4.37. The normalized spacial score (nSPS) is 21.4. The summed E-state index contributed by atoms with van der Waals surface area (Å²) in [5.41, 5.74) is 1.26. The van der Waals surface area contributed by atoms with Crippen LogP contribution in [0.3, 0.4) is 0 Å². The molecule has 1 aliphatic rings. The molecule has 0 radical (unpaired) electrons. The van der Waals surface area contributed by atoms with E-state index in [1.54, 1.807) is 0 Å². The van der Waals surface area contributed by atoms with Crippen LogP contribution in [-0.2, 0) is 0 Å². The smallest absolute Gasteiger partial charge is 0.218 e. The Morgan fingerprint density at radius 1 is 1.41 bits per heavy atom. The molecular formula is C14H22N2O. The van der Waals surface area contributed by atoms with E-state index >= 15 is 0 Å². The minimum absolute atomic E-state index is 0.490. The lowest BCUT2D eigenvalue weighted by Crippen LogP contribution is -2.33. The quantitative estimate of drug-likeness (QED) is 0.800. The average Bonchev–Trinajstić information content (AvgIpc) is 2.40. The van der Waals surface area contributed by atoms with Gasteiger partial charge >= 0.3 is 0 Å². The van der Waals surface area contributed by atoms with E-state index in [0.29, 0.717) is 12.6 Å². The molecule has 0 aromatic carbocycles. The van der Waals surface area contributed by atoms with E-state index in [2.05, 4.69) is 22.9 Å². The molecule has 1 aromatic rings. The molecule has 1 fully saturated rings. The zero-order valence-electron chi connectivity index (χ0n) is 10.9. The molecule has 94 valence electrons. The fourth-order valence-electron chi connectivity index (χ4n) is 2.64. The standard InChI is InChI=1S/C14H22N2O/c1-3-16-11-6-5-9-13(16)12-8-7-10-15-14(12)17-4-2/h7-8,10,13H,3-6,9,11H2,1-2H3/t13-/m0/s1. The second-order valence-corrected chi connectivity index (χ2v) is 4.47. The monoisotopic (exact) mass is 234 g/mol.